The smallest absolute Gasteiger partial charge is 0.215 e. The minimum Gasteiger partial charge on any atom is -0.354 e. The average molecular weight is 344 g/mol. The topological polar surface area (TPSA) is 46.1 Å². The molecule has 1 fully saturated rings. The van der Waals surface area contributed by atoms with Crippen LogP contribution in [-0.2, 0) is 16.9 Å². The number of halogens is 1. The predicted octanol–water partition coefficient (Wildman–Crippen LogP) is 4.26. The summed E-state index contributed by atoms with van der Waals surface area (Å²) in [5, 5.41) is 3.76. The zero-order valence-corrected chi connectivity index (χ0v) is 13.7. The minimum absolute atomic E-state index is 0.108. The van der Waals surface area contributed by atoms with Crippen LogP contribution >= 0.6 is 23.8 Å². The molecule has 0 spiro atoms. The van der Waals surface area contributed by atoms with Crippen molar-refractivity contribution in [3.8, 4) is 0 Å². The maximum absolute atomic E-state index is 6.36. The molecule has 2 aromatic carbocycles. The van der Waals surface area contributed by atoms with Gasteiger partial charge in [-0.15, -0.1) is 0 Å². The summed E-state index contributed by atoms with van der Waals surface area (Å²) in [4.78, 5) is 4.08. The highest BCUT2D eigenvalue weighted by atomic mass is 35.5. The summed E-state index contributed by atoms with van der Waals surface area (Å²) in [5.74, 6) is 0. The fourth-order valence-electron chi connectivity index (χ4n) is 2.96. The van der Waals surface area contributed by atoms with Gasteiger partial charge in [0.2, 0.25) is 4.77 Å². The summed E-state index contributed by atoms with van der Waals surface area (Å²) in [6, 6.07) is 17.9. The lowest BCUT2D eigenvalue weighted by Gasteiger charge is -2.14. The molecular weight excluding hydrogens is 330 g/mol. The molecule has 2 atom stereocenters. The number of aromatic nitrogens is 3. The van der Waals surface area contributed by atoms with Gasteiger partial charge in [-0.2, -0.15) is 0 Å². The molecule has 1 aliphatic heterocycles. The summed E-state index contributed by atoms with van der Waals surface area (Å²) in [6.45, 7) is 0.561. The van der Waals surface area contributed by atoms with Crippen molar-refractivity contribution in [2.45, 2.75) is 18.2 Å². The van der Waals surface area contributed by atoms with Crippen molar-refractivity contribution in [1.29, 1.82) is 0 Å². The maximum atomic E-state index is 6.36. The Balaban J connectivity index is 1.77. The van der Waals surface area contributed by atoms with Gasteiger partial charge in [-0.25, -0.2) is 4.98 Å². The lowest BCUT2D eigenvalue weighted by atomic mass is 9.91. The van der Waals surface area contributed by atoms with Gasteiger partial charge < -0.3 is 4.74 Å². The van der Waals surface area contributed by atoms with Crippen molar-refractivity contribution in [2.24, 2.45) is 0 Å². The monoisotopic (exact) mass is 343 g/mol. The normalized spacial score (nSPS) is 22.9. The van der Waals surface area contributed by atoms with Crippen LogP contribution in [0.2, 0.25) is 5.02 Å². The van der Waals surface area contributed by atoms with Crippen LogP contribution in [0.25, 0.3) is 0 Å². The molecule has 116 valence electrons. The van der Waals surface area contributed by atoms with E-state index in [4.69, 9.17) is 28.6 Å². The van der Waals surface area contributed by atoms with Crippen LogP contribution in [0, 0.1) is 4.77 Å². The second-order valence-electron chi connectivity index (χ2n) is 5.53. The first kappa shape index (κ1) is 14.6. The standard InChI is InChI=1S/C17H14ClN3OS/c18-14-9-5-4-8-13(14)15-17(22-15,12-6-2-1-3-7-12)10-21-16(23)19-11-20-21/h1-9,11,15H,10H2,(H,19,20,23)/t15-,17-/m0/s1. The molecule has 4 nitrogen and oxygen atoms in total. The third-order valence-corrected chi connectivity index (χ3v) is 4.83. The van der Waals surface area contributed by atoms with Crippen molar-refractivity contribution in [2.75, 3.05) is 0 Å². The highest BCUT2D eigenvalue weighted by molar-refractivity contribution is 7.71. The van der Waals surface area contributed by atoms with Crippen LogP contribution in [-0.4, -0.2) is 14.8 Å². The number of H-pyrrole nitrogens is 1. The maximum Gasteiger partial charge on any atom is 0.215 e. The first-order valence-electron chi connectivity index (χ1n) is 7.29. The van der Waals surface area contributed by atoms with E-state index < -0.39 is 5.60 Å². The van der Waals surface area contributed by atoms with Gasteiger partial charge in [0.15, 0.2) is 0 Å². The molecule has 0 amide bonds. The second kappa shape index (κ2) is 5.60. The van der Waals surface area contributed by atoms with Crippen molar-refractivity contribution in [3.05, 3.63) is 81.8 Å². The van der Waals surface area contributed by atoms with Crippen LogP contribution in [0.5, 0.6) is 0 Å². The van der Waals surface area contributed by atoms with Crippen LogP contribution < -0.4 is 0 Å². The number of benzene rings is 2. The number of hydrogen-bond donors (Lipinski definition) is 1. The Bertz CT molecular complexity index is 892. The Hall–Kier alpha value is -1.95. The van der Waals surface area contributed by atoms with E-state index in [1.165, 1.54) is 0 Å². The van der Waals surface area contributed by atoms with Crippen LogP contribution in [0.3, 0.4) is 0 Å². The van der Waals surface area contributed by atoms with Crippen LogP contribution in [0.4, 0.5) is 0 Å². The van der Waals surface area contributed by atoms with Gasteiger partial charge in [0.1, 0.15) is 18.0 Å². The van der Waals surface area contributed by atoms with E-state index in [0.29, 0.717) is 16.3 Å². The highest BCUT2D eigenvalue weighted by Crippen LogP contribution is 2.59. The van der Waals surface area contributed by atoms with Gasteiger partial charge >= 0.3 is 0 Å². The number of aromatic amines is 1. The average Bonchev–Trinajstić information content (AvgIpc) is 3.16. The third-order valence-electron chi connectivity index (χ3n) is 4.16. The predicted molar refractivity (Wildman–Crippen MR) is 90.8 cm³/mol. The number of nitrogens with one attached hydrogen (secondary N) is 1. The third kappa shape index (κ3) is 2.51. The molecule has 0 unspecified atom stereocenters. The van der Waals surface area contributed by atoms with Gasteiger partial charge in [-0.1, -0.05) is 60.1 Å². The molecule has 0 radical (unpaired) electrons. The molecule has 2 heterocycles. The summed E-state index contributed by atoms with van der Waals surface area (Å²) in [6.07, 6.45) is 1.48. The number of ether oxygens (including phenoxy) is 1. The molecule has 0 saturated carbocycles. The second-order valence-corrected chi connectivity index (χ2v) is 6.30. The van der Waals surface area contributed by atoms with E-state index in [1.807, 2.05) is 47.1 Å². The van der Waals surface area contributed by atoms with Crippen molar-refractivity contribution >= 4 is 23.8 Å². The molecule has 1 aliphatic rings. The van der Waals surface area contributed by atoms with Crippen molar-refractivity contribution in [3.63, 3.8) is 0 Å². The lowest BCUT2D eigenvalue weighted by Crippen LogP contribution is -2.20. The number of rotatable bonds is 4. The summed E-state index contributed by atoms with van der Waals surface area (Å²) < 4.78 is 8.51. The van der Waals surface area contributed by atoms with E-state index in [9.17, 15) is 0 Å². The molecule has 1 N–H and O–H groups in total. The Kier molecular flexibility index (Phi) is 3.56. The SMILES string of the molecule is S=c1nc[nH]n1C[C@@]1(c2ccccc2)O[C@H]1c1ccccc1Cl. The van der Waals surface area contributed by atoms with E-state index in [1.54, 1.807) is 6.33 Å². The van der Waals surface area contributed by atoms with E-state index in [0.717, 1.165) is 11.1 Å². The Labute approximate surface area is 143 Å². The van der Waals surface area contributed by atoms with E-state index in [-0.39, 0.29) is 6.10 Å². The molecule has 1 aromatic heterocycles. The summed E-state index contributed by atoms with van der Waals surface area (Å²) in [5.41, 5.74) is 1.60. The van der Waals surface area contributed by atoms with Gasteiger partial charge in [-0.3, -0.25) is 9.78 Å². The van der Waals surface area contributed by atoms with Crippen LogP contribution in [0.15, 0.2) is 60.9 Å². The molecule has 0 aliphatic carbocycles. The largest absolute Gasteiger partial charge is 0.354 e. The number of nitrogens with zero attached hydrogens (tertiary/aromatic N) is 2. The van der Waals surface area contributed by atoms with Crippen molar-refractivity contribution < 1.29 is 4.74 Å². The molecule has 1 saturated heterocycles. The molecular formula is C17H14ClN3OS. The Morgan fingerprint density at radius 2 is 1.91 bits per heavy atom. The number of epoxide rings is 1. The molecule has 23 heavy (non-hydrogen) atoms. The fraction of sp³-hybridized carbons (Fsp3) is 0.176. The quantitative estimate of drug-likeness (QED) is 0.568. The Morgan fingerprint density at radius 3 is 2.61 bits per heavy atom. The molecule has 3 aromatic rings. The van der Waals surface area contributed by atoms with Gasteiger partial charge in [0, 0.05) is 10.6 Å². The van der Waals surface area contributed by atoms with Crippen LogP contribution in [0.1, 0.15) is 17.2 Å². The van der Waals surface area contributed by atoms with E-state index >= 15 is 0 Å². The molecule has 0 bridgehead atoms. The zero-order valence-electron chi connectivity index (χ0n) is 12.1. The lowest BCUT2D eigenvalue weighted by molar-refractivity contribution is 0.261. The summed E-state index contributed by atoms with van der Waals surface area (Å²) >= 11 is 11.6. The minimum atomic E-state index is -0.489. The number of hydrogen-bond acceptors (Lipinski definition) is 3. The Morgan fingerprint density at radius 1 is 1.17 bits per heavy atom. The first-order chi connectivity index (χ1) is 11.2. The molecule has 4 rings (SSSR count). The zero-order chi connectivity index (χ0) is 15.9. The van der Waals surface area contributed by atoms with Gasteiger partial charge in [-0.05, 0) is 23.8 Å². The van der Waals surface area contributed by atoms with E-state index in [2.05, 4.69) is 22.2 Å². The fourth-order valence-corrected chi connectivity index (χ4v) is 3.36. The van der Waals surface area contributed by atoms with Gasteiger partial charge in [0.25, 0.3) is 0 Å². The van der Waals surface area contributed by atoms with Crippen molar-refractivity contribution in [1.82, 2.24) is 14.8 Å². The van der Waals surface area contributed by atoms with Gasteiger partial charge in [0.05, 0.1) is 6.54 Å². The summed E-state index contributed by atoms with van der Waals surface area (Å²) in [7, 11) is 0. The first-order valence-corrected chi connectivity index (χ1v) is 8.07. The molecule has 6 heteroatoms. The highest BCUT2D eigenvalue weighted by Gasteiger charge is 2.59.